The van der Waals surface area contributed by atoms with Crippen molar-refractivity contribution >= 4 is 22.1 Å². The van der Waals surface area contributed by atoms with Gasteiger partial charge >= 0.3 is 0 Å². The molecule has 0 aliphatic carbocycles. The first-order valence-corrected chi connectivity index (χ1v) is 8.05. The maximum Gasteiger partial charge on any atom is 0.123 e. The van der Waals surface area contributed by atoms with Gasteiger partial charge in [-0.05, 0) is 61.0 Å². The number of fused-ring (bicyclic) bond motifs is 1. The molecule has 0 fully saturated rings. The van der Waals surface area contributed by atoms with E-state index in [0.29, 0.717) is 0 Å². The van der Waals surface area contributed by atoms with E-state index < -0.39 is 0 Å². The lowest BCUT2D eigenvalue weighted by molar-refractivity contribution is 0.627. The maximum absolute atomic E-state index is 13.4. The highest BCUT2D eigenvalue weighted by Gasteiger charge is 2.10. The Hall–Kier alpha value is -3.27. The number of para-hydroxylation sites is 1. The predicted octanol–water partition coefficient (Wildman–Crippen LogP) is 5.49. The number of halogens is 1. The van der Waals surface area contributed by atoms with Gasteiger partial charge in [-0.1, -0.05) is 18.2 Å². The molecule has 0 bridgehead atoms. The van der Waals surface area contributed by atoms with Crippen LogP contribution >= 0.6 is 0 Å². The van der Waals surface area contributed by atoms with E-state index in [2.05, 4.69) is 15.5 Å². The topological polar surface area (TPSA) is 37.8 Å². The first-order valence-electron chi connectivity index (χ1n) is 8.05. The second-order valence-corrected chi connectivity index (χ2v) is 5.95. The molecule has 4 heteroatoms. The molecule has 0 unspecified atom stereocenters. The van der Waals surface area contributed by atoms with Crippen molar-refractivity contribution in [2.75, 3.05) is 5.32 Å². The van der Waals surface area contributed by atoms with E-state index in [4.69, 9.17) is 0 Å². The van der Waals surface area contributed by atoms with Crippen LogP contribution in [0.3, 0.4) is 0 Å². The van der Waals surface area contributed by atoms with Crippen molar-refractivity contribution < 1.29 is 4.39 Å². The fraction of sp³-hybridized carbons (Fsp3) is 0.0476. The number of aromatic nitrogens is 2. The minimum Gasteiger partial charge on any atom is -0.356 e. The van der Waals surface area contributed by atoms with Crippen molar-refractivity contribution in [3.8, 4) is 11.3 Å². The zero-order chi connectivity index (χ0) is 17.2. The molecule has 0 radical (unpaired) electrons. The van der Waals surface area contributed by atoms with Crippen LogP contribution in [0.5, 0.6) is 0 Å². The van der Waals surface area contributed by atoms with Gasteiger partial charge in [0.1, 0.15) is 11.5 Å². The Kier molecular flexibility index (Phi) is 3.86. The smallest absolute Gasteiger partial charge is 0.123 e. The first kappa shape index (κ1) is 15.3. The average molecular weight is 329 g/mol. The number of hydrogen-bond donors (Lipinski definition) is 1. The van der Waals surface area contributed by atoms with Crippen LogP contribution in [0.1, 0.15) is 5.56 Å². The molecule has 25 heavy (non-hydrogen) atoms. The highest BCUT2D eigenvalue weighted by Crippen LogP contribution is 2.30. The van der Waals surface area contributed by atoms with Crippen LogP contribution in [0, 0.1) is 12.7 Å². The summed E-state index contributed by atoms with van der Waals surface area (Å²) >= 11 is 0. The molecule has 0 spiro atoms. The molecule has 3 nitrogen and oxygen atoms in total. The first-order chi connectivity index (χ1) is 12.2. The number of rotatable bonds is 3. The Bertz CT molecular complexity index is 1050. The molecule has 0 aliphatic heterocycles. The summed E-state index contributed by atoms with van der Waals surface area (Å²) < 4.78 is 13.4. The third kappa shape index (κ3) is 3.06. The van der Waals surface area contributed by atoms with Crippen LogP contribution in [-0.4, -0.2) is 10.2 Å². The van der Waals surface area contributed by atoms with E-state index in [1.165, 1.54) is 12.1 Å². The van der Waals surface area contributed by atoms with Crippen LogP contribution in [0.4, 0.5) is 15.8 Å². The van der Waals surface area contributed by atoms with Crippen LogP contribution < -0.4 is 5.32 Å². The summed E-state index contributed by atoms with van der Waals surface area (Å²) in [6.45, 7) is 1.88. The molecule has 0 atom stereocenters. The monoisotopic (exact) mass is 329 g/mol. The van der Waals surface area contributed by atoms with Crippen molar-refractivity contribution in [3.05, 3.63) is 84.3 Å². The normalized spacial score (nSPS) is 10.8. The van der Waals surface area contributed by atoms with Gasteiger partial charge in [0.2, 0.25) is 0 Å². The second-order valence-electron chi connectivity index (χ2n) is 5.95. The summed E-state index contributed by atoms with van der Waals surface area (Å²) in [5, 5.41) is 13.8. The zero-order valence-corrected chi connectivity index (χ0v) is 13.7. The molecular weight excluding hydrogens is 313 g/mol. The molecule has 4 aromatic rings. The van der Waals surface area contributed by atoms with Crippen LogP contribution in [0.25, 0.3) is 22.0 Å². The van der Waals surface area contributed by atoms with Crippen LogP contribution in [-0.2, 0) is 0 Å². The summed E-state index contributed by atoms with van der Waals surface area (Å²) in [4.78, 5) is 0. The molecule has 0 aliphatic rings. The van der Waals surface area contributed by atoms with Gasteiger partial charge in [0.15, 0.2) is 0 Å². The van der Waals surface area contributed by atoms with Gasteiger partial charge in [-0.2, -0.15) is 5.10 Å². The fourth-order valence-corrected chi connectivity index (χ4v) is 2.95. The van der Waals surface area contributed by atoms with Gasteiger partial charge in [0.25, 0.3) is 0 Å². The highest BCUT2D eigenvalue weighted by atomic mass is 19.1. The fourth-order valence-electron chi connectivity index (χ4n) is 2.95. The summed E-state index contributed by atoms with van der Waals surface area (Å²) in [5.74, 6) is -0.246. The van der Waals surface area contributed by atoms with Gasteiger partial charge in [-0.3, -0.25) is 0 Å². The van der Waals surface area contributed by atoms with Crippen molar-refractivity contribution in [1.82, 2.24) is 10.2 Å². The lowest BCUT2D eigenvalue weighted by Crippen LogP contribution is -1.94. The minimum atomic E-state index is -0.246. The lowest BCUT2D eigenvalue weighted by atomic mass is 10.0. The molecule has 0 amide bonds. The molecule has 3 aromatic carbocycles. The van der Waals surface area contributed by atoms with Crippen molar-refractivity contribution in [3.63, 3.8) is 0 Å². The molecule has 0 saturated heterocycles. The number of nitrogens with zero attached hydrogens (tertiary/aromatic N) is 2. The SMILES string of the molecule is Cc1cc(F)ccc1-c1nncc2cc(Nc3ccccc3)ccc12. The Balaban J connectivity index is 1.78. The molecule has 4 rings (SSSR count). The van der Waals surface area contributed by atoms with Gasteiger partial charge in [0, 0.05) is 27.7 Å². The number of benzene rings is 3. The molecule has 1 heterocycles. The van der Waals surface area contributed by atoms with Gasteiger partial charge in [-0.25, -0.2) is 4.39 Å². The third-order valence-corrected chi connectivity index (χ3v) is 4.17. The lowest BCUT2D eigenvalue weighted by Gasteiger charge is -2.10. The molecular formula is C21H16FN3. The quantitative estimate of drug-likeness (QED) is 0.540. The Labute approximate surface area is 145 Å². The van der Waals surface area contributed by atoms with Crippen molar-refractivity contribution in [1.29, 1.82) is 0 Å². The Morgan fingerprint density at radius 2 is 1.72 bits per heavy atom. The minimum absolute atomic E-state index is 0.246. The van der Waals surface area contributed by atoms with E-state index in [1.54, 1.807) is 12.3 Å². The van der Waals surface area contributed by atoms with E-state index in [-0.39, 0.29) is 5.82 Å². The Morgan fingerprint density at radius 1 is 0.880 bits per heavy atom. The third-order valence-electron chi connectivity index (χ3n) is 4.17. The maximum atomic E-state index is 13.4. The van der Waals surface area contributed by atoms with Crippen LogP contribution in [0.2, 0.25) is 0 Å². The van der Waals surface area contributed by atoms with E-state index in [9.17, 15) is 4.39 Å². The van der Waals surface area contributed by atoms with Gasteiger partial charge in [-0.15, -0.1) is 5.10 Å². The van der Waals surface area contributed by atoms with Gasteiger partial charge in [0.05, 0.1) is 6.20 Å². The Morgan fingerprint density at radius 3 is 2.52 bits per heavy atom. The number of aryl methyl sites for hydroxylation is 1. The van der Waals surface area contributed by atoms with Crippen LogP contribution in [0.15, 0.2) is 72.9 Å². The molecule has 1 N–H and O–H groups in total. The molecule has 1 aromatic heterocycles. The van der Waals surface area contributed by atoms with Gasteiger partial charge < -0.3 is 5.32 Å². The summed E-state index contributed by atoms with van der Waals surface area (Å²) in [7, 11) is 0. The molecule has 122 valence electrons. The summed E-state index contributed by atoms with van der Waals surface area (Å²) in [6.07, 6.45) is 1.74. The highest BCUT2D eigenvalue weighted by molar-refractivity contribution is 5.96. The number of anilines is 2. The predicted molar refractivity (Wildman–Crippen MR) is 99.4 cm³/mol. The van der Waals surface area contributed by atoms with E-state index in [0.717, 1.165) is 39.0 Å². The zero-order valence-electron chi connectivity index (χ0n) is 13.7. The molecule has 0 saturated carbocycles. The van der Waals surface area contributed by atoms with Crippen molar-refractivity contribution in [2.24, 2.45) is 0 Å². The van der Waals surface area contributed by atoms with E-state index >= 15 is 0 Å². The second kappa shape index (κ2) is 6.32. The largest absolute Gasteiger partial charge is 0.356 e. The summed E-state index contributed by atoms with van der Waals surface area (Å²) in [6, 6.07) is 20.8. The van der Waals surface area contributed by atoms with E-state index in [1.807, 2.05) is 55.5 Å². The number of nitrogens with one attached hydrogen (secondary N) is 1. The van der Waals surface area contributed by atoms with Crippen molar-refractivity contribution in [2.45, 2.75) is 6.92 Å². The average Bonchev–Trinajstić information content (AvgIpc) is 2.62. The standard InChI is InChI=1S/C21H16FN3/c1-14-11-16(22)7-9-19(14)21-20-10-8-18(12-15(20)13-23-25-21)24-17-5-3-2-4-6-17/h2-13,24H,1H3. The number of hydrogen-bond acceptors (Lipinski definition) is 3. The summed E-state index contributed by atoms with van der Waals surface area (Å²) in [5.41, 5.74) is 4.50.